The van der Waals surface area contributed by atoms with Crippen LogP contribution in [0.1, 0.15) is 34.0 Å². The van der Waals surface area contributed by atoms with E-state index in [4.69, 9.17) is 9.15 Å². The number of ether oxygens (including phenoxy) is 1. The van der Waals surface area contributed by atoms with Gasteiger partial charge < -0.3 is 19.2 Å². The quantitative estimate of drug-likeness (QED) is 0.581. The third-order valence-electron chi connectivity index (χ3n) is 4.69. The third kappa shape index (κ3) is 3.56. The second-order valence-electron chi connectivity index (χ2n) is 6.50. The molecule has 3 heterocycles. The van der Waals surface area contributed by atoms with Gasteiger partial charge in [-0.05, 0) is 48.2 Å². The molecule has 6 nitrogen and oxygen atoms in total. The number of hydrogen-bond donors (Lipinski definition) is 1. The maximum atomic E-state index is 13.0. The minimum absolute atomic E-state index is 0.0401. The first kappa shape index (κ1) is 19.0. The Balaban J connectivity index is 1.68. The summed E-state index contributed by atoms with van der Waals surface area (Å²) in [4.78, 5) is 27.8. The number of carbonyl (C=O) groups excluding carboxylic acids is 2. The molecule has 1 unspecified atom stereocenters. The number of rotatable bonds is 7. The summed E-state index contributed by atoms with van der Waals surface area (Å²) in [5.74, 6) is -0.341. The minimum atomic E-state index is -0.793. The number of amides is 1. The van der Waals surface area contributed by atoms with Gasteiger partial charge in [0.15, 0.2) is 5.76 Å². The van der Waals surface area contributed by atoms with Crippen LogP contribution in [0.2, 0.25) is 0 Å². The molecule has 1 aromatic carbocycles. The molecule has 2 aromatic heterocycles. The van der Waals surface area contributed by atoms with E-state index in [2.05, 4.69) is 0 Å². The monoisotopic (exact) mass is 409 g/mol. The van der Waals surface area contributed by atoms with Gasteiger partial charge >= 0.3 is 0 Å². The lowest BCUT2D eigenvalue weighted by Crippen LogP contribution is -2.30. The molecular weight excluding hydrogens is 390 g/mol. The first-order chi connectivity index (χ1) is 14.1. The van der Waals surface area contributed by atoms with Crippen molar-refractivity contribution in [1.82, 2.24) is 4.90 Å². The number of hydrogen-bond acceptors (Lipinski definition) is 6. The molecule has 1 aliphatic heterocycles. The first-order valence-electron chi connectivity index (χ1n) is 9.17. The number of thiophene rings is 1. The zero-order valence-electron chi connectivity index (χ0n) is 15.7. The number of aliphatic hydroxyl groups excluding tert-OH is 1. The van der Waals surface area contributed by atoms with Gasteiger partial charge in [0.2, 0.25) is 5.78 Å². The van der Waals surface area contributed by atoms with E-state index in [9.17, 15) is 14.7 Å². The lowest BCUT2D eigenvalue weighted by molar-refractivity contribution is -0.130. The summed E-state index contributed by atoms with van der Waals surface area (Å²) in [6.45, 7) is 2.68. The molecule has 1 aliphatic rings. The molecule has 4 rings (SSSR count). The Morgan fingerprint density at radius 3 is 2.62 bits per heavy atom. The summed E-state index contributed by atoms with van der Waals surface area (Å²) < 4.78 is 11.0. The van der Waals surface area contributed by atoms with Crippen LogP contribution < -0.4 is 4.74 Å². The predicted octanol–water partition coefficient (Wildman–Crippen LogP) is 4.52. The molecule has 0 saturated carbocycles. The Bertz CT molecular complexity index is 1040. The van der Waals surface area contributed by atoms with Crippen molar-refractivity contribution in [3.8, 4) is 5.75 Å². The zero-order valence-corrected chi connectivity index (χ0v) is 16.5. The highest BCUT2D eigenvalue weighted by molar-refractivity contribution is 7.12. The lowest BCUT2D eigenvalue weighted by Gasteiger charge is -2.25. The molecule has 148 valence electrons. The molecule has 1 amide bonds. The molecule has 29 heavy (non-hydrogen) atoms. The van der Waals surface area contributed by atoms with E-state index < -0.39 is 17.7 Å². The van der Waals surface area contributed by atoms with Crippen LogP contribution in [0.5, 0.6) is 5.75 Å². The highest BCUT2D eigenvalue weighted by Crippen LogP contribution is 2.40. The Hall–Kier alpha value is -3.32. The maximum Gasteiger partial charge on any atom is 0.290 e. The van der Waals surface area contributed by atoms with Crippen LogP contribution in [0.25, 0.3) is 0 Å². The largest absolute Gasteiger partial charge is 0.503 e. The van der Waals surface area contributed by atoms with Crippen molar-refractivity contribution >= 4 is 23.0 Å². The number of furan rings is 1. The van der Waals surface area contributed by atoms with Crippen LogP contribution in [-0.2, 0) is 11.3 Å². The summed E-state index contributed by atoms with van der Waals surface area (Å²) in [5.41, 5.74) is 0.884. The molecule has 0 radical (unpaired) electrons. The maximum absolute atomic E-state index is 13.0. The summed E-state index contributed by atoms with van der Waals surface area (Å²) >= 11 is 1.26. The van der Waals surface area contributed by atoms with Crippen molar-refractivity contribution in [2.24, 2.45) is 0 Å². The van der Waals surface area contributed by atoms with Crippen molar-refractivity contribution in [1.29, 1.82) is 0 Å². The van der Waals surface area contributed by atoms with Crippen LogP contribution in [0.3, 0.4) is 0 Å². The smallest absolute Gasteiger partial charge is 0.290 e. The normalized spacial score (nSPS) is 16.5. The summed E-state index contributed by atoms with van der Waals surface area (Å²) in [7, 11) is 0. The van der Waals surface area contributed by atoms with E-state index in [1.54, 1.807) is 29.6 Å². The van der Waals surface area contributed by atoms with Crippen LogP contribution in [-0.4, -0.2) is 28.3 Å². The number of nitrogens with zero attached hydrogens (tertiary/aromatic N) is 1. The summed E-state index contributed by atoms with van der Waals surface area (Å²) in [6.07, 6.45) is 1.48. The molecule has 1 N–H and O–H groups in total. The van der Waals surface area contributed by atoms with Gasteiger partial charge in [0.1, 0.15) is 17.6 Å². The van der Waals surface area contributed by atoms with Gasteiger partial charge in [-0.15, -0.1) is 11.3 Å². The highest BCUT2D eigenvalue weighted by Gasteiger charge is 2.45. The second kappa shape index (κ2) is 7.97. The highest BCUT2D eigenvalue weighted by atomic mass is 32.1. The average Bonchev–Trinajstić information content (AvgIpc) is 3.48. The molecule has 1 atom stereocenters. The molecule has 0 bridgehead atoms. The van der Waals surface area contributed by atoms with Gasteiger partial charge in [-0.3, -0.25) is 9.59 Å². The Labute approximate surface area is 171 Å². The Morgan fingerprint density at radius 1 is 1.21 bits per heavy atom. The molecular formula is C22H19NO5S. The van der Waals surface area contributed by atoms with Crippen LogP contribution in [0.4, 0.5) is 0 Å². The number of aliphatic hydroxyl groups is 1. The third-order valence-corrected chi connectivity index (χ3v) is 5.56. The SMILES string of the molecule is CCOc1ccc(CN2C(=O)C(O)=C(C(=O)c3cccs3)C2c2ccco2)cc1. The lowest BCUT2D eigenvalue weighted by atomic mass is 10.00. The van der Waals surface area contributed by atoms with Crippen LogP contribution in [0, 0.1) is 0 Å². The first-order valence-corrected chi connectivity index (χ1v) is 10.1. The fourth-order valence-electron chi connectivity index (χ4n) is 3.39. The van der Waals surface area contributed by atoms with E-state index in [0.717, 1.165) is 11.3 Å². The number of ketones is 1. The molecule has 0 fully saturated rings. The average molecular weight is 409 g/mol. The molecule has 0 aliphatic carbocycles. The summed E-state index contributed by atoms with van der Waals surface area (Å²) in [6, 6.07) is 13.4. The van der Waals surface area contributed by atoms with E-state index in [-0.39, 0.29) is 17.9 Å². The Morgan fingerprint density at radius 2 is 2.00 bits per heavy atom. The molecule has 0 spiro atoms. The van der Waals surface area contributed by atoms with Crippen molar-refractivity contribution in [2.75, 3.05) is 6.61 Å². The van der Waals surface area contributed by atoms with Gasteiger partial charge in [0, 0.05) is 6.54 Å². The van der Waals surface area contributed by atoms with Crippen LogP contribution in [0.15, 0.2) is 75.9 Å². The topological polar surface area (TPSA) is 80.0 Å². The predicted molar refractivity (Wildman–Crippen MR) is 108 cm³/mol. The molecule has 3 aromatic rings. The van der Waals surface area contributed by atoms with Gasteiger partial charge in [0.25, 0.3) is 5.91 Å². The van der Waals surface area contributed by atoms with Crippen molar-refractivity contribution in [2.45, 2.75) is 19.5 Å². The number of Topliss-reactive ketones (excluding diaryl/α,β-unsaturated/α-hetero) is 1. The van der Waals surface area contributed by atoms with Crippen LogP contribution >= 0.6 is 11.3 Å². The van der Waals surface area contributed by atoms with E-state index in [1.165, 1.54) is 22.5 Å². The van der Waals surface area contributed by atoms with Crippen molar-refractivity contribution in [3.63, 3.8) is 0 Å². The van der Waals surface area contributed by atoms with E-state index in [0.29, 0.717) is 17.2 Å². The number of carbonyl (C=O) groups is 2. The van der Waals surface area contributed by atoms with Gasteiger partial charge in [0.05, 0.1) is 23.3 Å². The van der Waals surface area contributed by atoms with Gasteiger partial charge in [-0.25, -0.2) is 0 Å². The van der Waals surface area contributed by atoms with Gasteiger partial charge in [-0.2, -0.15) is 0 Å². The van der Waals surface area contributed by atoms with E-state index in [1.807, 2.05) is 31.2 Å². The molecule has 0 saturated heterocycles. The van der Waals surface area contributed by atoms with Crippen molar-refractivity contribution < 1.29 is 23.8 Å². The number of benzene rings is 1. The fourth-order valence-corrected chi connectivity index (χ4v) is 4.06. The van der Waals surface area contributed by atoms with Gasteiger partial charge in [-0.1, -0.05) is 18.2 Å². The second-order valence-corrected chi connectivity index (χ2v) is 7.44. The minimum Gasteiger partial charge on any atom is -0.503 e. The van der Waals surface area contributed by atoms with E-state index >= 15 is 0 Å². The Kier molecular flexibility index (Phi) is 5.22. The molecule has 7 heteroatoms. The summed E-state index contributed by atoms with van der Waals surface area (Å²) in [5, 5.41) is 12.3. The van der Waals surface area contributed by atoms with Crippen molar-refractivity contribution in [3.05, 3.63) is 87.7 Å². The standard InChI is InChI=1S/C22H19NO5S/c1-2-27-15-9-7-14(8-10-15)13-23-19(16-5-3-11-28-16)18(21(25)22(23)26)20(24)17-6-4-12-29-17/h3-12,19,25H,2,13H2,1H3. The zero-order chi connectivity index (χ0) is 20.4. The fraction of sp³-hybridized carbons (Fsp3) is 0.182.